The van der Waals surface area contributed by atoms with Crippen LogP contribution in [0.2, 0.25) is 5.15 Å². The number of aryl methyl sites for hydroxylation is 1. The summed E-state index contributed by atoms with van der Waals surface area (Å²) in [4.78, 5) is 31.1. The second-order valence-corrected chi connectivity index (χ2v) is 11.1. The Balaban J connectivity index is 1.27. The molecule has 1 atom stereocenters. The molecule has 3 heterocycles. The van der Waals surface area contributed by atoms with E-state index in [-0.39, 0.29) is 23.8 Å². The number of carbonyl (C=O) groups is 2. The van der Waals surface area contributed by atoms with E-state index in [0.717, 1.165) is 36.9 Å². The van der Waals surface area contributed by atoms with Gasteiger partial charge in [-0.3, -0.25) is 14.2 Å². The van der Waals surface area contributed by atoms with E-state index in [1.807, 2.05) is 10.6 Å². The average Bonchev–Trinajstić information content (AvgIpc) is 3.77. The maximum Gasteiger partial charge on any atom is 0.254 e. The fraction of sp³-hybridized carbons (Fsp3) is 0.458. The van der Waals surface area contributed by atoms with E-state index in [4.69, 9.17) is 11.6 Å². The standard InChI is InChI=1S/C24H26ClN7O2S/c25-19-9-15(7-8-26-19)29-24-31-28-12-32(24)16-5-6-18-17(10-16)20(22(34)27-11-13-1-2-13)23(35-18)30-21(33)14-3-4-14/h7-9,12-14,16H,1-6,10-11H2,(H,27,34)(H,30,33)(H,26,29,31)/t16-/m0/s1. The molecule has 0 spiro atoms. The van der Waals surface area contributed by atoms with Crippen LogP contribution in [-0.4, -0.2) is 38.1 Å². The lowest BCUT2D eigenvalue weighted by Crippen LogP contribution is -2.28. The Bertz CT molecular complexity index is 1280. The van der Waals surface area contributed by atoms with E-state index < -0.39 is 0 Å². The van der Waals surface area contributed by atoms with Gasteiger partial charge in [0.25, 0.3) is 5.91 Å². The van der Waals surface area contributed by atoms with Gasteiger partial charge < -0.3 is 16.0 Å². The summed E-state index contributed by atoms with van der Waals surface area (Å²) < 4.78 is 2.02. The molecule has 3 aromatic rings. The van der Waals surface area contributed by atoms with Crippen LogP contribution in [0.3, 0.4) is 0 Å². The van der Waals surface area contributed by atoms with E-state index in [9.17, 15) is 9.59 Å². The fourth-order valence-electron chi connectivity index (χ4n) is 4.55. The molecule has 3 aliphatic rings. The lowest BCUT2D eigenvalue weighted by Gasteiger charge is -2.25. The van der Waals surface area contributed by atoms with Gasteiger partial charge in [0.1, 0.15) is 16.5 Å². The molecule has 35 heavy (non-hydrogen) atoms. The third kappa shape index (κ3) is 4.90. The van der Waals surface area contributed by atoms with E-state index in [1.54, 1.807) is 29.9 Å². The summed E-state index contributed by atoms with van der Waals surface area (Å²) in [5, 5.41) is 18.9. The summed E-state index contributed by atoms with van der Waals surface area (Å²) in [5.74, 6) is 1.21. The van der Waals surface area contributed by atoms with Crippen LogP contribution >= 0.6 is 22.9 Å². The Morgan fingerprint density at radius 3 is 2.83 bits per heavy atom. The maximum atomic E-state index is 13.3. The molecule has 0 aliphatic heterocycles. The number of hydrogen-bond donors (Lipinski definition) is 3. The van der Waals surface area contributed by atoms with E-state index in [2.05, 4.69) is 31.1 Å². The number of anilines is 3. The van der Waals surface area contributed by atoms with Crippen LogP contribution in [0.4, 0.5) is 16.6 Å². The second kappa shape index (κ2) is 9.23. The first-order valence-electron chi connectivity index (χ1n) is 12.1. The van der Waals surface area contributed by atoms with Gasteiger partial charge in [-0.25, -0.2) is 4.98 Å². The minimum atomic E-state index is -0.0883. The lowest BCUT2D eigenvalue weighted by molar-refractivity contribution is -0.117. The fourth-order valence-corrected chi connectivity index (χ4v) is 5.96. The molecule has 2 amide bonds. The third-order valence-corrected chi connectivity index (χ3v) is 8.26. The summed E-state index contributed by atoms with van der Waals surface area (Å²) >= 11 is 7.58. The van der Waals surface area contributed by atoms with Gasteiger partial charge in [-0.15, -0.1) is 21.5 Å². The van der Waals surface area contributed by atoms with Gasteiger partial charge in [-0.2, -0.15) is 0 Å². The zero-order valence-corrected chi connectivity index (χ0v) is 20.7. The monoisotopic (exact) mass is 511 g/mol. The molecule has 3 aliphatic carbocycles. The zero-order chi connectivity index (χ0) is 23.9. The number of halogens is 1. The quantitative estimate of drug-likeness (QED) is 0.387. The van der Waals surface area contributed by atoms with Crippen molar-refractivity contribution in [3.05, 3.63) is 45.8 Å². The average molecular weight is 512 g/mol. The minimum Gasteiger partial charge on any atom is -0.352 e. The summed E-state index contributed by atoms with van der Waals surface area (Å²) in [5.41, 5.74) is 2.43. The molecule has 182 valence electrons. The number of pyridine rings is 1. The molecule has 0 unspecified atom stereocenters. The maximum absolute atomic E-state index is 13.3. The first-order chi connectivity index (χ1) is 17.0. The van der Waals surface area contributed by atoms with E-state index in [1.165, 1.54) is 17.7 Å². The van der Waals surface area contributed by atoms with E-state index in [0.29, 0.717) is 40.5 Å². The highest BCUT2D eigenvalue weighted by atomic mass is 35.5. The highest BCUT2D eigenvalue weighted by Crippen LogP contribution is 2.43. The number of nitrogens with zero attached hydrogens (tertiary/aromatic N) is 4. The number of nitrogens with one attached hydrogen (secondary N) is 3. The Hall–Kier alpha value is -2.98. The molecule has 9 nitrogen and oxygen atoms in total. The highest BCUT2D eigenvalue weighted by molar-refractivity contribution is 7.17. The van der Waals surface area contributed by atoms with Crippen LogP contribution in [0.1, 0.15) is 58.9 Å². The number of amides is 2. The summed E-state index contributed by atoms with van der Waals surface area (Å²) in [6, 6.07) is 3.63. The second-order valence-electron chi connectivity index (χ2n) is 9.58. The van der Waals surface area contributed by atoms with Crippen LogP contribution in [0, 0.1) is 11.8 Å². The van der Waals surface area contributed by atoms with Crippen molar-refractivity contribution in [2.45, 2.75) is 51.0 Å². The van der Waals surface area contributed by atoms with Crippen molar-refractivity contribution < 1.29 is 9.59 Å². The number of aromatic nitrogens is 4. The van der Waals surface area contributed by atoms with Crippen molar-refractivity contribution in [1.82, 2.24) is 25.1 Å². The van der Waals surface area contributed by atoms with Gasteiger partial charge >= 0.3 is 0 Å². The molecule has 3 aromatic heterocycles. The van der Waals surface area contributed by atoms with Crippen molar-refractivity contribution in [2.75, 3.05) is 17.2 Å². The van der Waals surface area contributed by atoms with Gasteiger partial charge in [0.2, 0.25) is 11.9 Å². The SMILES string of the molecule is O=C(NCC1CC1)c1c(NC(=O)C2CC2)sc2c1C[C@@H](n1cnnc1Nc1ccnc(Cl)c1)CC2. The molecule has 0 radical (unpaired) electrons. The molecule has 0 bridgehead atoms. The Morgan fingerprint density at radius 2 is 2.06 bits per heavy atom. The Kier molecular flexibility index (Phi) is 5.93. The predicted molar refractivity (Wildman–Crippen MR) is 134 cm³/mol. The molecule has 6 rings (SSSR count). The topological polar surface area (TPSA) is 114 Å². The van der Waals surface area contributed by atoms with Crippen LogP contribution in [0.15, 0.2) is 24.7 Å². The van der Waals surface area contributed by atoms with Crippen LogP contribution in [0.25, 0.3) is 0 Å². The molecule has 0 saturated heterocycles. The number of hydrogen-bond acceptors (Lipinski definition) is 7. The van der Waals surface area contributed by atoms with Crippen molar-refractivity contribution in [2.24, 2.45) is 11.8 Å². The van der Waals surface area contributed by atoms with Crippen LogP contribution in [0.5, 0.6) is 0 Å². The van der Waals surface area contributed by atoms with Crippen molar-refractivity contribution >= 4 is 51.4 Å². The van der Waals surface area contributed by atoms with Gasteiger partial charge in [-0.1, -0.05) is 11.6 Å². The minimum absolute atomic E-state index is 0.0256. The van der Waals surface area contributed by atoms with Gasteiger partial charge in [0.15, 0.2) is 0 Å². The molecular formula is C24H26ClN7O2S. The Labute approximate surface area is 211 Å². The third-order valence-electron chi connectivity index (χ3n) is 6.84. The molecule has 2 fully saturated rings. The smallest absolute Gasteiger partial charge is 0.254 e. The van der Waals surface area contributed by atoms with Crippen molar-refractivity contribution in [1.29, 1.82) is 0 Å². The molecule has 11 heteroatoms. The molecule has 2 saturated carbocycles. The molecular weight excluding hydrogens is 486 g/mol. The number of carbonyl (C=O) groups excluding carboxylic acids is 2. The summed E-state index contributed by atoms with van der Waals surface area (Å²) in [6.45, 7) is 0.691. The van der Waals surface area contributed by atoms with Crippen LogP contribution < -0.4 is 16.0 Å². The largest absolute Gasteiger partial charge is 0.352 e. The van der Waals surface area contributed by atoms with Crippen molar-refractivity contribution in [3.63, 3.8) is 0 Å². The Morgan fingerprint density at radius 1 is 1.20 bits per heavy atom. The van der Waals surface area contributed by atoms with E-state index >= 15 is 0 Å². The molecule has 0 aromatic carbocycles. The molecule has 3 N–H and O–H groups in total. The summed E-state index contributed by atoms with van der Waals surface area (Å²) in [6.07, 6.45) is 9.91. The first kappa shape index (κ1) is 22.5. The van der Waals surface area contributed by atoms with Gasteiger partial charge in [0, 0.05) is 35.3 Å². The number of thiophene rings is 1. The predicted octanol–water partition coefficient (Wildman–Crippen LogP) is 4.35. The highest BCUT2D eigenvalue weighted by Gasteiger charge is 2.35. The van der Waals surface area contributed by atoms with Gasteiger partial charge in [-0.05, 0) is 68.6 Å². The van der Waals surface area contributed by atoms with Crippen LogP contribution in [-0.2, 0) is 17.6 Å². The zero-order valence-electron chi connectivity index (χ0n) is 19.1. The number of fused-ring (bicyclic) bond motifs is 1. The normalized spacial score (nSPS) is 19.2. The number of rotatable bonds is 8. The first-order valence-corrected chi connectivity index (χ1v) is 13.3. The lowest BCUT2D eigenvalue weighted by atomic mass is 9.91. The van der Waals surface area contributed by atoms with Gasteiger partial charge in [0.05, 0.1) is 5.56 Å². The van der Waals surface area contributed by atoms with Crippen molar-refractivity contribution in [3.8, 4) is 0 Å². The summed E-state index contributed by atoms with van der Waals surface area (Å²) in [7, 11) is 0.